The molecule has 0 fully saturated rings. The van der Waals surface area contributed by atoms with E-state index in [1.807, 2.05) is 0 Å². The zero-order valence-corrected chi connectivity index (χ0v) is 18.8. The van der Waals surface area contributed by atoms with Crippen molar-refractivity contribution in [1.29, 1.82) is 0 Å². The Morgan fingerprint density at radius 3 is 0.643 bits per heavy atom. The molecular formula is C18H12GeNaO8-6. The van der Waals surface area contributed by atoms with Crippen molar-refractivity contribution >= 4 is 15.7 Å². The number of hydrogen-bond donors (Lipinski definition) is 0. The van der Waals surface area contributed by atoms with Gasteiger partial charge in [-0.1, -0.05) is 72.8 Å². The van der Waals surface area contributed by atoms with Crippen molar-refractivity contribution in [3.8, 4) is 34.5 Å². The molecule has 0 aliphatic heterocycles. The van der Waals surface area contributed by atoms with E-state index < -0.39 is 50.2 Å². The summed E-state index contributed by atoms with van der Waals surface area (Å²) < 4.78 is 17.0. The van der Waals surface area contributed by atoms with E-state index in [1.165, 1.54) is 36.4 Å². The topological polar surface area (TPSA) is 178 Å². The van der Waals surface area contributed by atoms with Crippen LogP contribution in [-0.4, -0.2) is 15.7 Å². The van der Waals surface area contributed by atoms with Crippen molar-refractivity contribution in [3.63, 3.8) is 0 Å². The maximum atomic E-state index is 10.3. The minimum atomic E-state index is -2.00. The Kier molecular flexibility index (Phi) is 16.6. The zero-order chi connectivity index (χ0) is 20.7. The molecule has 3 rings (SSSR count). The Bertz CT molecular complexity index is 650. The molecular weight excluding hydrogens is 440 g/mol. The van der Waals surface area contributed by atoms with Crippen LogP contribution in [0.2, 0.25) is 0 Å². The molecule has 0 heterocycles. The molecule has 8 nitrogen and oxygen atoms in total. The van der Waals surface area contributed by atoms with Gasteiger partial charge in [-0.2, -0.15) is 0 Å². The number of benzene rings is 3. The molecule has 28 heavy (non-hydrogen) atoms. The molecule has 0 atom stereocenters. The van der Waals surface area contributed by atoms with E-state index in [0.717, 1.165) is 0 Å². The Morgan fingerprint density at radius 2 is 0.571 bits per heavy atom. The second-order valence-corrected chi connectivity index (χ2v) is 4.77. The van der Waals surface area contributed by atoms with Crippen molar-refractivity contribution < 1.29 is 68.1 Å². The predicted octanol–water partition coefficient (Wildman–Crippen LogP) is -5.18. The molecule has 0 spiro atoms. The molecule has 0 aliphatic rings. The Morgan fingerprint density at radius 1 is 0.464 bits per heavy atom. The molecule has 0 N–H and O–H groups in total. The van der Waals surface area contributed by atoms with Gasteiger partial charge in [-0.05, 0) is 0 Å². The fraction of sp³-hybridized carbons (Fsp3) is 0. The van der Waals surface area contributed by atoms with Gasteiger partial charge >= 0.3 is 53.2 Å². The summed E-state index contributed by atoms with van der Waals surface area (Å²) in [5.74, 6) is -2.62. The summed E-state index contributed by atoms with van der Waals surface area (Å²) in [7, 11) is 0. The van der Waals surface area contributed by atoms with Gasteiger partial charge in [0.2, 0.25) is 0 Å². The number of rotatable bonds is 0. The standard InChI is InChI=1S/3C6H6O2.GeO2.Na/c3*7-5-3-1-2-4-6(5)8;2-1-3;/h3*1-4,7-8H;;/q;;;-1;+1/p-6. The first-order valence-corrected chi connectivity index (χ1v) is 8.83. The van der Waals surface area contributed by atoms with Gasteiger partial charge in [-0.25, -0.2) is 0 Å². The number of hydrogen-bond acceptors (Lipinski definition) is 8. The first-order valence-electron chi connectivity index (χ1n) is 7.12. The van der Waals surface area contributed by atoms with Gasteiger partial charge in [0.05, 0.1) is 0 Å². The average Bonchev–Trinajstić information content (AvgIpc) is 2.64. The SMILES string of the molecule is [Na+].[O-]c1ccccc1[O-].[O-]c1ccccc1[O-].[O-]c1ccccc1[O-].[O]=[Ge][O-]. The van der Waals surface area contributed by atoms with E-state index in [4.69, 9.17) is 7.91 Å². The van der Waals surface area contributed by atoms with Crippen LogP contribution in [-0.2, 0) is 3.78 Å². The fourth-order valence-electron chi connectivity index (χ4n) is 1.35. The molecule has 0 saturated carbocycles. The second-order valence-electron chi connectivity index (χ2n) is 4.42. The summed E-state index contributed by atoms with van der Waals surface area (Å²) >= 11 is -2.00. The summed E-state index contributed by atoms with van der Waals surface area (Å²) in [5.41, 5.74) is 0. The van der Waals surface area contributed by atoms with Crippen LogP contribution < -0.4 is 64.3 Å². The van der Waals surface area contributed by atoms with Crippen LogP contribution in [0.25, 0.3) is 0 Å². The van der Waals surface area contributed by atoms with Crippen LogP contribution in [0, 0.1) is 0 Å². The van der Waals surface area contributed by atoms with Crippen molar-refractivity contribution in [2.75, 3.05) is 0 Å². The zero-order valence-electron chi connectivity index (χ0n) is 14.7. The van der Waals surface area contributed by atoms with Gasteiger partial charge in [0.25, 0.3) is 0 Å². The van der Waals surface area contributed by atoms with Crippen LogP contribution >= 0.6 is 0 Å². The van der Waals surface area contributed by atoms with E-state index >= 15 is 0 Å². The summed E-state index contributed by atoms with van der Waals surface area (Å²) in [4.78, 5) is 0. The Hall–Kier alpha value is -2.40. The van der Waals surface area contributed by atoms with Gasteiger partial charge in [0.15, 0.2) is 0 Å². The summed E-state index contributed by atoms with van der Waals surface area (Å²) in [5, 5.41) is 61.8. The van der Waals surface area contributed by atoms with Gasteiger partial charge < -0.3 is 30.6 Å². The van der Waals surface area contributed by atoms with Gasteiger partial charge in [0.1, 0.15) is 0 Å². The van der Waals surface area contributed by atoms with Gasteiger partial charge in [-0.3, -0.25) is 0 Å². The van der Waals surface area contributed by atoms with E-state index in [-0.39, 0.29) is 29.6 Å². The summed E-state index contributed by atoms with van der Waals surface area (Å²) in [6.45, 7) is 0. The quantitative estimate of drug-likeness (QED) is 0.304. The molecule has 0 aromatic heterocycles. The molecule has 3 aromatic carbocycles. The monoisotopic (exact) mass is 453 g/mol. The second kappa shape index (κ2) is 16.8. The maximum absolute atomic E-state index is 10.3. The number of para-hydroxylation sites is 6. The van der Waals surface area contributed by atoms with Crippen LogP contribution in [0.15, 0.2) is 72.8 Å². The normalized spacial score (nSPS) is 8.14. The molecule has 0 saturated heterocycles. The molecule has 10 heteroatoms. The van der Waals surface area contributed by atoms with Gasteiger partial charge in [-0.15, -0.1) is 34.5 Å². The van der Waals surface area contributed by atoms with Crippen molar-refractivity contribution in [3.05, 3.63) is 72.8 Å². The first-order chi connectivity index (χ1) is 12.8. The molecule has 3 aromatic rings. The Labute approximate surface area is 190 Å². The third kappa shape index (κ3) is 12.9. The summed E-state index contributed by atoms with van der Waals surface area (Å²) in [6.07, 6.45) is 0. The van der Waals surface area contributed by atoms with Crippen LogP contribution in [0.3, 0.4) is 0 Å². The van der Waals surface area contributed by atoms with Crippen molar-refractivity contribution in [2.24, 2.45) is 0 Å². The van der Waals surface area contributed by atoms with Crippen LogP contribution in [0.4, 0.5) is 0 Å². The molecule has 0 aliphatic carbocycles. The molecule has 0 bridgehead atoms. The molecule has 143 valence electrons. The average molecular weight is 452 g/mol. The molecule has 1 radical (unpaired) electrons. The van der Waals surface area contributed by atoms with Crippen molar-refractivity contribution in [1.82, 2.24) is 0 Å². The van der Waals surface area contributed by atoms with Crippen LogP contribution in [0.1, 0.15) is 0 Å². The Balaban J connectivity index is 0. The predicted molar refractivity (Wildman–Crippen MR) is 82.4 cm³/mol. The van der Waals surface area contributed by atoms with Crippen LogP contribution in [0.5, 0.6) is 34.5 Å². The molecule has 0 unspecified atom stereocenters. The van der Waals surface area contributed by atoms with E-state index in [9.17, 15) is 30.6 Å². The molecule has 0 amide bonds. The first kappa shape index (κ1) is 27.8. The van der Waals surface area contributed by atoms with E-state index in [1.54, 1.807) is 36.4 Å². The van der Waals surface area contributed by atoms with Gasteiger partial charge in [0, 0.05) is 0 Å². The van der Waals surface area contributed by atoms with E-state index in [0.29, 0.717) is 0 Å². The third-order valence-corrected chi connectivity index (χ3v) is 2.55. The van der Waals surface area contributed by atoms with E-state index in [2.05, 4.69) is 0 Å². The minimum absolute atomic E-state index is 0. The third-order valence-electron chi connectivity index (χ3n) is 2.55. The van der Waals surface area contributed by atoms with Crippen molar-refractivity contribution in [2.45, 2.75) is 0 Å². The summed E-state index contributed by atoms with van der Waals surface area (Å²) in [6, 6.07) is 16.8. The fourth-order valence-corrected chi connectivity index (χ4v) is 1.35.